The van der Waals surface area contributed by atoms with Crippen LogP contribution in [0.25, 0.3) is 28.3 Å². The first-order valence-corrected chi connectivity index (χ1v) is 14.7. The average molecular weight is 794 g/mol. The first-order chi connectivity index (χ1) is 24.0. The number of halogens is 5. The Bertz CT molecular complexity index is 1920. The Hall–Kier alpha value is -5.76. The maximum Gasteiger partial charge on any atom is 1.00 e. The number of allylic oxidation sites excluding steroid dienone is 2. The zero-order valence-corrected chi connectivity index (χ0v) is 29.0. The van der Waals surface area contributed by atoms with Crippen LogP contribution < -0.4 is 10.3 Å². The number of hydrogen-bond donors (Lipinski definition) is 1. The minimum atomic E-state index is -1.57. The number of anilines is 1. The number of terminal acetylenes is 1. The van der Waals surface area contributed by atoms with Crippen molar-refractivity contribution >= 4 is 29.9 Å². The number of pyridine rings is 4. The first-order valence-electron chi connectivity index (χ1n) is 14.7. The van der Waals surface area contributed by atoms with Crippen LogP contribution in [0.5, 0.6) is 0 Å². The van der Waals surface area contributed by atoms with E-state index in [0.717, 1.165) is 22.8 Å². The van der Waals surface area contributed by atoms with Gasteiger partial charge in [-0.05, 0) is 66.3 Å². The summed E-state index contributed by atoms with van der Waals surface area (Å²) < 4.78 is 57.8. The molecule has 7 nitrogen and oxygen atoms in total. The Morgan fingerprint density at radius 2 is 1.14 bits per heavy atom. The van der Waals surface area contributed by atoms with Gasteiger partial charge in [-0.2, -0.15) is 6.20 Å². The summed E-state index contributed by atoms with van der Waals surface area (Å²) >= 11 is 0. The second kappa shape index (κ2) is 20.0. The van der Waals surface area contributed by atoms with Gasteiger partial charge in [0.1, 0.15) is 5.69 Å². The molecule has 0 fully saturated rings. The van der Waals surface area contributed by atoms with Gasteiger partial charge in [0.05, 0.1) is 40.6 Å². The zero-order chi connectivity index (χ0) is 34.4. The molecule has 5 aromatic heterocycles. The van der Waals surface area contributed by atoms with E-state index in [0.29, 0.717) is 0 Å². The summed E-state index contributed by atoms with van der Waals surface area (Å²) in [6.07, 6.45) is 17.8. The summed E-state index contributed by atoms with van der Waals surface area (Å²) in [6, 6.07) is 26.2. The Morgan fingerprint density at radius 3 is 1.47 bits per heavy atom. The van der Waals surface area contributed by atoms with E-state index in [4.69, 9.17) is 6.42 Å². The molecule has 1 aromatic carbocycles. The molecular weight excluding hydrogens is 767 g/mol. The van der Waals surface area contributed by atoms with Crippen LogP contribution in [-0.2, 0) is 19.5 Å². The summed E-state index contributed by atoms with van der Waals surface area (Å²) in [5.41, 5.74) is 1.96. The van der Waals surface area contributed by atoms with Crippen molar-refractivity contribution in [3.05, 3.63) is 168 Å². The van der Waals surface area contributed by atoms with Crippen molar-refractivity contribution in [2.45, 2.75) is 0 Å². The Morgan fingerprint density at radius 1 is 0.667 bits per heavy atom. The van der Waals surface area contributed by atoms with E-state index in [1.54, 1.807) is 24.8 Å². The number of aliphatic imine (C=N–C) groups is 1. The second-order valence-electron chi connectivity index (χ2n) is 9.84. The van der Waals surface area contributed by atoms with Gasteiger partial charge < -0.3 is 10.3 Å². The Kier molecular flexibility index (Phi) is 15.6. The summed E-state index contributed by atoms with van der Waals surface area (Å²) in [5, 5.41) is 2.14. The topological polar surface area (TPSA) is 90.1 Å². The predicted molar refractivity (Wildman–Crippen MR) is 189 cm³/mol. The molecule has 0 atom stereocenters. The number of nitrogens with one attached hydrogen (secondary N) is 1. The molecule has 0 saturated carbocycles. The SMILES string of the molecule is C#CCNc1c(F)c(F)c(C(=C2C=CC=N2)c2ccc[n-]2)c(F)c1F.Cl.[Ru+].c1ccc(-c2ccccn2)nc1.c1ccc(-c2ccccn2)nc1. The summed E-state index contributed by atoms with van der Waals surface area (Å²) in [6.45, 7) is -0.294. The molecule has 257 valence electrons. The van der Waals surface area contributed by atoms with Crippen LogP contribution in [-0.4, -0.2) is 32.7 Å². The fourth-order valence-corrected chi connectivity index (χ4v) is 4.49. The molecule has 0 unspecified atom stereocenters. The molecule has 0 bridgehead atoms. The monoisotopic (exact) mass is 794 g/mol. The van der Waals surface area contributed by atoms with Crippen LogP contribution in [0.3, 0.4) is 0 Å². The van der Waals surface area contributed by atoms with Crippen molar-refractivity contribution in [2.24, 2.45) is 4.99 Å². The van der Waals surface area contributed by atoms with E-state index in [1.165, 1.54) is 36.7 Å². The van der Waals surface area contributed by atoms with Gasteiger partial charge in [-0.15, -0.1) is 24.5 Å². The number of nitrogens with zero attached hydrogens (tertiary/aromatic N) is 6. The van der Waals surface area contributed by atoms with E-state index in [2.05, 4.69) is 41.1 Å². The van der Waals surface area contributed by atoms with Gasteiger partial charge in [0.15, 0.2) is 23.3 Å². The molecular formula is C38H27ClF4N7Ru. The third-order valence-corrected chi connectivity index (χ3v) is 6.68. The van der Waals surface area contributed by atoms with Crippen molar-refractivity contribution in [3.8, 4) is 35.1 Å². The zero-order valence-electron chi connectivity index (χ0n) is 26.4. The molecule has 1 aliphatic heterocycles. The first kappa shape index (κ1) is 39.7. The Balaban J connectivity index is 0.000000226. The van der Waals surface area contributed by atoms with Gasteiger partial charge >= 0.3 is 19.5 Å². The maximum atomic E-state index is 14.6. The minimum absolute atomic E-state index is 0. The van der Waals surface area contributed by atoms with Gasteiger partial charge in [0, 0.05) is 31.0 Å². The maximum absolute atomic E-state index is 14.6. The smallest absolute Gasteiger partial charge is 0.664 e. The van der Waals surface area contributed by atoms with E-state index in [9.17, 15) is 17.6 Å². The molecule has 0 spiro atoms. The average Bonchev–Trinajstić information content (AvgIpc) is 3.91. The van der Waals surface area contributed by atoms with Gasteiger partial charge in [0.25, 0.3) is 0 Å². The van der Waals surface area contributed by atoms with Gasteiger partial charge in [-0.1, -0.05) is 42.3 Å². The largest absolute Gasteiger partial charge is 1.00 e. The van der Waals surface area contributed by atoms with E-state index < -0.39 is 34.5 Å². The molecule has 6 aromatic rings. The van der Waals surface area contributed by atoms with Crippen molar-refractivity contribution in [1.29, 1.82) is 0 Å². The van der Waals surface area contributed by atoms with Crippen LogP contribution >= 0.6 is 12.4 Å². The van der Waals surface area contributed by atoms with Gasteiger partial charge in [0.2, 0.25) is 0 Å². The van der Waals surface area contributed by atoms with Crippen LogP contribution in [0.1, 0.15) is 11.3 Å². The number of aromatic nitrogens is 5. The van der Waals surface area contributed by atoms with Crippen LogP contribution in [0.15, 0.2) is 139 Å². The van der Waals surface area contributed by atoms with Crippen LogP contribution in [0.4, 0.5) is 23.2 Å². The number of benzene rings is 1. The second-order valence-corrected chi connectivity index (χ2v) is 9.84. The van der Waals surface area contributed by atoms with E-state index >= 15 is 0 Å². The molecule has 0 saturated heterocycles. The molecule has 0 amide bonds. The van der Waals surface area contributed by atoms with E-state index in [-0.39, 0.29) is 55.4 Å². The minimum Gasteiger partial charge on any atom is -0.664 e. The predicted octanol–water partition coefficient (Wildman–Crippen LogP) is 8.35. The quantitative estimate of drug-likeness (QED) is 0.0790. The van der Waals surface area contributed by atoms with Crippen molar-refractivity contribution in [3.63, 3.8) is 0 Å². The Labute approximate surface area is 310 Å². The molecule has 1 aliphatic rings. The van der Waals surface area contributed by atoms with E-state index in [1.807, 2.05) is 72.8 Å². The number of hydrogen-bond acceptors (Lipinski definition) is 6. The van der Waals surface area contributed by atoms with Crippen LogP contribution in [0, 0.1) is 35.6 Å². The molecule has 1 N–H and O–H groups in total. The van der Waals surface area contributed by atoms with Crippen molar-refractivity contribution in [1.82, 2.24) is 24.9 Å². The molecule has 51 heavy (non-hydrogen) atoms. The molecule has 7 rings (SSSR count). The van der Waals surface area contributed by atoms with Crippen molar-refractivity contribution < 1.29 is 37.0 Å². The van der Waals surface area contributed by atoms with Gasteiger partial charge in [-0.25, -0.2) is 17.6 Å². The number of rotatable bonds is 6. The third kappa shape index (κ3) is 10.1. The van der Waals surface area contributed by atoms with Crippen molar-refractivity contribution in [2.75, 3.05) is 11.9 Å². The molecule has 6 heterocycles. The van der Waals surface area contributed by atoms with Gasteiger partial charge in [-0.3, -0.25) is 24.9 Å². The third-order valence-electron chi connectivity index (χ3n) is 6.68. The summed E-state index contributed by atoms with van der Waals surface area (Å²) in [7, 11) is 0. The van der Waals surface area contributed by atoms with Crippen LogP contribution in [0.2, 0.25) is 0 Å². The standard InChI is InChI=1S/C18H10F4N3.2C10H8N2.ClH.Ru/c1-2-7-25-18-16(21)14(19)13(15(20)17(18)22)12(10-5-3-8-23-10)11-6-4-9-24-11;2*1-3-7-11-9(5-1)10-6-2-4-8-12-10;;/h1,3-6,8-9,25H,7H2;2*1-8H;1H;/q-1;;;;+1. The normalized spacial score (nSPS) is 11.7. The fourth-order valence-electron chi connectivity index (χ4n) is 4.49. The summed E-state index contributed by atoms with van der Waals surface area (Å²) in [5.74, 6) is -4.17. The molecule has 13 heteroatoms. The molecule has 1 radical (unpaired) electrons. The fraction of sp³-hybridized carbons (Fsp3) is 0.0263. The molecule has 0 aliphatic carbocycles. The summed E-state index contributed by atoms with van der Waals surface area (Å²) in [4.78, 5) is 24.7.